The maximum absolute atomic E-state index is 12.1. The predicted octanol–water partition coefficient (Wildman–Crippen LogP) is 4.14. The highest BCUT2D eigenvalue weighted by Gasteiger charge is 2.40. The molecule has 0 spiro atoms. The summed E-state index contributed by atoms with van der Waals surface area (Å²) < 4.78 is 25.4. The van der Waals surface area contributed by atoms with Crippen molar-refractivity contribution in [2.24, 2.45) is 5.10 Å². The lowest BCUT2D eigenvalue weighted by Gasteiger charge is -2.28. The highest BCUT2D eigenvalue weighted by atomic mass is 32.2. The van der Waals surface area contributed by atoms with Gasteiger partial charge in [0.25, 0.3) is 0 Å². The van der Waals surface area contributed by atoms with E-state index in [1.807, 2.05) is 26.0 Å². The smallest absolute Gasteiger partial charge is 0.247 e. The zero-order chi connectivity index (χ0) is 20.3. The number of hydrogen-bond acceptors (Lipinski definition) is 4. The summed E-state index contributed by atoms with van der Waals surface area (Å²) in [7, 11) is -3.44. The van der Waals surface area contributed by atoms with E-state index >= 15 is 0 Å². The van der Waals surface area contributed by atoms with Crippen molar-refractivity contribution in [3.63, 3.8) is 0 Å². The molecule has 1 aromatic carbocycles. The molecular formula is C20H32N2O3S. The quantitative estimate of drug-likeness (QED) is 0.838. The summed E-state index contributed by atoms with van der Waals surface area (Å²) in [5.74, 6) is 0.312. The largest absolute Gasteiger partial charge is 0.507 e. The number of aromatic hydroxyl groups is 1. The molecule has 0 aliphatic carbocycles. The third-order valence-electron chi connectivity index (χ3n) is 4.70. The summed E-state index contributed by atoms with van der Waals surface area (Å²) in [6, 6.07) is 3.90. The van der Waals surface area contributed by atoms with Crippen molar-refractivity contribution in [1.29, 1.82) is 0 Å². The Balaban J connectivity index is 2.72. The van der Waals surface area contributed by atoms with Crippen molar-refractivity contribution >= 4 is 15.7 Å². The van der Waals surface area contributed by atoms with Gasteiger partial charge >= 0.3 is 0 Å². The summed E-state index contributed by atoms with van der Waals surface area (Å²) in [4.78, 5) is 0. The molecule has 0 fully saturated rings. The Morgan fingerprint density at radius 3 is 1.77 bits per heavy atom. The van der Waals surface area contributed by atoms with Gasteiger partial charge in [-0.1, -0.05) is 41.5 Å². The molecular weight excluding hydrogens is 348 g/mol. The zero-order valence-electron chi connectivity index (χ0n) is 17.4. The monoisotopic (exact) mass is 380 g/mol. The van der Waals surface area contributed by atoms with Crippen LogP contribution in [0.4, 0.5) is 0 Å². The van der Waals surface area contributed by atoms with E-state index < -0.39 is 15.6 Å². The second kappa shape index (κ2) is 5.98. The molecule has 0 atom stereocenters. The van der Waals surface area contributed by atoms with E-state index in [1.165, 1.54) is 10.7 Å². The summed E-state index contributed by atoms with van der Waals surface area (Å²) in [5, 5.41) is 15.3. The Morgan fingerprint density at radius 1 is 1.04 bits per heavy atom. The number of hydrazone groups is 1. The molecule has 1 aromatic rings. The summed E-state index contributed by atoms with van der Waals surface area (Å²) in [5.41, 5.74) is 2.20. The molecule has 0 amide bonds. The molecule has 0 unspecified atom stereocenters. The number of phenols is 1. The number of benzene rings is 1. The van der Waals surface area contributed by atoms with Gasteiger partial charge in [0.15, 0.2) is 0 Å². The number of sulfonamides is 1. The van der Waals surface area contributed by atoms with Crippen molar-refractivity contribution in [1.82, 2.24) is 4.41 Å². The summed E-state index contributed by atoms with van der Waals surface area (Å²) >= 11 is 0. The maximum atomic E-state index is 12.1. The number of nitrogens with zero attached hydrogens (tertiary/aromatic N) is 2. The molecule has 6 heteroatoms. The van der Waals surface area contributed by atoms with Crippen LogP contribution >= 0.6 is 0 Å². The van der Waals surface area contributed by atoms with Gasteiger partial charge in [-0.25, -0.2) is 8.42 Å². The molecule has 146 valence electrons. The Morgan fingerprint density at radius 2 is 1.46 bits per heavy atom. The van der Waals surface area contributed by atoms with Crippen LogP contribution < -0.4 is 0 Å². The minimum atomic E-state index is -3.44. The lowest BCUT2D eigenvalue weighted by molar-refractivity contribution is 0.271. The summed E-state index contributed by atoms with van der Waals surface area (Å²) in [6.07, 6.45) is 1.71. The molecule has 5 nitrogen and oxygen atoms in total. The van der Waals surface area contributed by atoms with Crippen LogP contribution in [0.5, 0.6) is 5.75 Å². The van der Waals surface area contributed by atoms with Gasteiger partial charge in [0, 0.05) is 17.5 Å². The lowest BCUT2D eigenvalue weighted by Crippen LogP contribution is -2.40. The SMILES string of the molecule is CC(C)(C)c1cc(C2=NN(S(C)(=O)=O)C(C)(C)C2)cc(C(C)(C)C)c1O. The van der Waals surface area contributed by atoms with Crippen LogP contribution in [0.25, 0.3) is 0 Å². The van der Waals surface area contributed by atoms with Gasteiger partial charge in [0.1, 0.15) is 5.75 Å². The van der Waals surface area contributed by atoms with E-state index in [2.05, 4.69) is 46.6 Å². The second-order valence-corrected chi connectivity index (χ2v) is 11.8. The summed E-state index contributed by atoms with van der Waals surface area (Å²) in [6.45, 7) is 16.1. The van der Waals surface area contributed by atoms with Gasteiger partial charge in [-0.2, -0.15) is 9.52 Å². The minimum Gasteiger partial charge on any atom is -0.507 e. The molecule has 0 saturated carbocycles. The first-order chi connectivity index (χ1) is 11.4. The molecule has 0 radical (unpaired) electrons. The van der Waals surface area contributed by atoms with Crippen molar-refractivity contribution in [2.45, 2.75) is 78.2 Å². The normalized spacial score (nSPS) is 18.2. The van der Waals surface area contributed by atoms with Crippen LogP contribution in [0, 0.1) is 0 Å². The fourth-order valence-electron chi connectivity index (χ4n) is 3.39. The molecule has 26 heavy (non-hydrogen) atoms. The Bertz CT molecular complexity index is 819. The highest BCUT2D eigenvalue weighted by molar-refractivity contribution is 7.88. The fraction of sp³-hybridized carbons (Fsp3) is 0.650. The van der Waals surface area contributed by atoms with Crippen LogP contribution in [-0.2, 0) is 20.9 Å². The minimum absolute atomic E-state index is 0.245. The van der Waals surface area contributed by atoms with Gasteiger partial charge in [-0.3, -0.25) is 0 Å². The van der Waals surface area contributed by atoms with Crippen LogP contribution in [0.1, 0.15) is 78.5 Å². The first-order valence-electron chi connectivity index (χ1n) is 8.91. The van der Waals surface area contributed by atoms with Crippen molar-refractivity contribution < 1.29 is 13.5 Å². The Kier molecular flexibility index (Phi) is 4.77. The van der Waals surface area contributed by atoms with Gasteiger partial charge in [0.2, 0.25) is 10.0 Å². The average molecular weight is 381 g/mol. The van der Waals surface area contributed by atoms with Gasteiger partial charge in [-0.05, 0) is 42.4 Å². The number of hydrogen-bond donors (Lipinski definition) is 1. The number of rotatable bonds is 2. The first-order valence-corrected chi connectivity index (χ1v) is 10.8. The van der Waals surface area contributed by atoms with Crippen molar-refractivity contribution in [2.75, 3.05) is 6.26 Å². The van der Waals surface area contributed by atoms with Crippen LogP contribution in [0.15, 0.2) is 17.2 Å². The van der Waals surface area contributed by atoms with Gasteiger partial charge in [-0.15, -0.1) is 0 Å². The van der Waals surface area contributed by atoms with Crippen LogP contribution in [0.3, 0.4) is 0 Å². The van der Waals surface area contributed by atoms with Crippen LogP contribution in [0.2, 0.25) is 0 Å². The maximum Gasteiger partial charge on any atom is 0.247 e. The van der Waals surface area contributed by atoms with E-state index in [1.54, 1.807) is 0 Å². The lowest BCUT2D eigenvalue weighted by atomic mass is 9.77. The van der Waals surface area contributed by atoms with E-state index in [0.29, 0.717) is 12.2 Å². The average Bonchev–Trinajstić information content (AvgIpc) is 2.72. The molecule has 1 N–H and O–H groups in total. The fourth-order valence-corrected chi connectivity index (χ4v) is 4.59. The van der Waals surface area contributed by atoms with E-state index in [0.717, 1.165) is 22.4 Å². The van der Waals surface area contributed by atoms with E-state index in [-0.39, 0.29) is 10.8 Å². The molecule has 1 heterocycles. The molecule has 2 rings (SSSR count). The number of phenolic OH excluding ortho intramolecular Hbond substituents is 1. The molecule has 0 saturated heterocycles. The topological polar surface area (TPSA) is 70.0 Å². The molecule has 1 aliphatic rings. The molecule has 0 aromatic heterocycles. The van der Waals surface area contributed by atoms with Gasteiger partial charge < -0.3 is 5.11 Å². The molecule has 1 aliphatic heterocycles. The highest BCUT2D eigenvalue weighted by Crippen LogP contribution is 2.41. The van der Waals surface area contributed by atoms with Crippen LogP contribution in [-0.4, -0.2) is 35.4 Å². The van der Waals surface area contributed by atoms with Gasteiger partial charge in [0.05, 0.1) is 17.5 Å². The predicted molar refractivity (Wildman–Crippen MR) is 107 cm³/mol. The van der Waals surface area contributed by atoms with Crippen molar-refractivity contribution in [3.05, 3.63) is 28.8 Å². The Labute approximate surface area is 158 Å². The third-order valence-corrected chi connectivity index (χ3v) is 5.91. The second-order valence-electron chi connectivity index (χ2n) is 9.96. The zero-order valence-corrected chi connectivity index (χ0v) is 18.2. The Hall–Kier alpha value is -1.56. The van der Waals surface area contributed by atoms with E-state index in [9.17, 15) is 13.5 Å². The van der Waals surface area contributed by atoms with E-state index in [4.69, 9.17) is 0 Å². The third kappa shape index (κ3) is 3.90. The molecule has 0 bridgehead atoms. The standard InChI is InChI=1S/C20H32N2O3S/c1-18(2,3)14-10-13(11-15(17(14)23)19(4,5)6)16-12-20(7,8)22(21-16)26(9,24)25/h10-11,23H,12H2,1-9H3. The first kappa shape index (κ1) is 20.7. The van der Waals surface area contributed by atoms with Crippen molar-refractivity contribution in [3.8, 4) is 5.75 Å².